The summed E-state index contributed by atoms with van der Waals surface area (Å²) in [7, 11) is 1.62. The van der Waals surface area contributed by atoms with Crippen molar-refractivity contribution in [2.24, 2.45) is 17.8 Å². The molecule has 2 amide bonds. The van der Waals surface area contributed by atoms with Crippen molar-refractivity contribution in [3.8, 4) is 5.75 Å². The van der Waals surface area contributed by atoms with Crippen molar-refractivity contribution < 1.29 is 14.6 Å². The first-order valence-electron chi connectivity index (χ1n) is 9.93. The molecular formula is C21H30N2O3. The van der Waals surface area contributed by atoms with E-state index in [0.29, 0.717) is 13.0 Å². The van der Waals surface area contributed by atoms with Crippen molar-refractivity contribution in [3.05, 3.63) is 29.8 Å². The summed E-state index contributed by atoms with van der Waals surface area (Å²) < 4.78 is 5.13. The van der Waals surface area contributed by atoms with Crippen LogP contribution in [0, 0.1) is 17.8 Å². The monoisotopic (exact) mass is 358 g/mol. The standard InChI is InChI=1S/C21H30N2O3/c1-26-18-4-2-17(3-5-18)19(24)6-7-22-20(25)23-21-11-14-8-15(12-21)10-16(9-14)13-21/h2-5,14-16,19,24H,6-13H2,1H3,(H2,22,23,25). The Balaban J connectivity index is 1.24. The summed E-state index contributed by atoms with van der Waals surface area (Å²) in [6, 6.07) is 7.32. The predicted octanol–water partition coefficient (Wildman–Crippen LogP) is 3.39. The molecule has 3 N–H and O–H groups in total. The summed E-state index contributed by atoms with van der Waals surface area (Å²) in [5.41, 5.74) is 0.877. The number of hydrogen-bond acceptors (Lipinski definition) is 3. The fourth-order valence-electron chi connectivity index (χ4n) is 5.86. The minimum absolute atomic E-state index is 0.0352. The molecule has 0 saturated heterocycles. The number of carbonyl (C=O) groups is 1. The minimum atomic E-state index is -0.583. The third-order valence-electron chi connectivity index (χ3n) is 6.62. The Morgan fingerprint density at radius 2 is 1.73 bits per heavy atom. The van der Waals surface area contributed by atoms with Crippen LogP contribution in [0.2, 0.25) is 0 Å². The van der Waals surface area contributed by atoms with E-state index < -0.39 is 6.10 Å². The van der Waals surface area contributed by atoms with Crippen molar-refractivity contribution in [1.29, 1.82) is 0 Å². The molecule has 0 radical (unpaired) electrons. The maximum Gasteiger partial charge on any atom is 0.315 e. The molecule has 26 heavy (non-hydrogen) atoms. The first kappa shape index (κ1) is 17.7. The molecule has 0 spiro atoms. The van der Waals surface area contributed by atoms with E-state index in [1.54, 1.807) is 7.11 Å². The van der Waals surface area contributed by atoms with Crippen LogP contribution in [0.4, 0.5) is 4.79 Å². The first-order valence-corrected chi connectivity index (χ1v) is 9.93. The molecule has 142 valence electrons. The Bertz CT molecular complexity index is 608. The molecule has 4 bridgehead atoms. The van der Waals surface area contributed by atoms with Gasteiger partial charge in [0.25, 0.3) is 0 Å². The van der Waals surface area contributed by atoms with Gasteiger partial charge in [-0.1, -0.05) is 12.1 Å². The molecular weight excluding hydrogens is 328 g/mol. The number of carbonyl (C=O) groups excluding carboxylic acids is 1. The van der Waals surface area contributed by atoms with Crippen LogP contribution in [0.3, 0.4) is 0 Å². The highest BCUT2D eigenvalue weighted by Crippen LogP contribution is 2.55. The SMILES string of the molecule is COc1ccc(C(O)CCNC(=O)NC23CC4CC(CC(C4)C2)C3)cc1. The predicted molar refractivity (Wildman–Crippen MR) is 100 cm³/mol. The van der Waals surface area contributed by atoms with Crippen molar-refractivity contribution in [2.45, 2.75) is 56.6 Å². The number of rotatable bonds is 6. The van der Waals surface area contributed by atoms with Crippen molar-refractivity contribution in [1.82, 2.24) is 10.6 Å². The highest BCUT2D eigenvalue weighted by Gasteiger charge is 2.51. The Hall–Kier alpha value is -1.75. The Morgan fingerprint density at radius 1 is 1.15 bits per heavy atom. The number of hydrogen-bond donors (Lipinski definition) is 3. The van der Waals surface area contributed by atoms with Crippen molar-refractivity contribution >= 4 is 6.03 Å². The third-order valence-corrected chi connectivity index (χ3v) is 6.62. The van der Waals surface area contributed by atoms with E-state index in [4.69, 9.17) is 4.74 Å². The lowest BCUT2D eigenvalue weighted by Crippen LogP contribution is -2.61. The number of aliphatic hydroxyl groups excluding tert-OH is 1. The number of aliphatic hydroxyl groups is 1. The van der Waals surface area contributed by atoms with E-state index in [1.165, 1.54) is 19.3 Å². The lowest BCUT2D eigenvalue weighted by molar-refractivity contribution is -0.0135. The summed E-state index contributed by atoms with van der Waals surface area (Å²) in [5, 5.41) is 16.5. The van der Waals surface area contributed by atoms with Gasteiger partial charge >= 0.3 is 6.03 Å². The second-order valence-electron chi connectivity index (χ2n) is 8.66. The second kappa shape index (κ2) is 7.10. The van der Waals surface area contributed by atoms with Gasteiger partial charge in [0.1, 0.15) is 5.75 Å². The van der Waals surface area contributed by atoms with Crippen LogP contribution >= 0.6 is 0 Å². The number of ether oxygens (including phenoxy) is 1. The van der Waals surface area contributed by atoms with Crippen LogP contribution in [0.15, 0.2) is 24.3 Å². The summed E-state index contributed by atoms with van der Waals surface area (Å²) in [4.78, 5) is 12.4. The number of amides is 2. The smallest absolute Gasteiger partial charge is 0.315 e. The van der Waals surface area contributed by atoms with Gasteiger partial charge in [-0.05, 0) is 80.4 Å². The zero-order chi connectivity index (χ0) is 18.1. The number of methoxy groups -OCH3 is 1. The quantitative estimate of drug-likeness (QED) is 0.730. The summed E-state index contributed by atoms with van der Waals surface area (Å²) in [6.07, 6.45) is 7.49. The Labute approximate surface area is 155 Å². The van der Waals surface area contributed by atoms with Gasteiger partial charge in [0.2, 0.25) is 0 Å². The first-order chi connectivity index (χ1) is 12.5. The molecule has 5 rings (SSSR count). The van der Waals surface area contributed by atoms with Gasteiger partial charge in [-0.15, -0.1) is 0 Å². The van der Waals surface area contributed by atoms with Gasteiger partial charge in [0.05, 0.1) is 13.2 Å². The van der Waals surface area contributed by atoms with E-state index >= 15 is 0 Å². The van der Waals surface area contributed by atoms with Gasteiger partial charge in [-0.3, -0.25) is 0 Å². The summed E-state index contributed by atoms with van der Waals surface area (Å²) in [6.45, 7) is 0.464. The summed E-state index contributed by atoms with van der Waals surface area (Å²) >= 11 is 0. The largest absolute Gasteiger partial charge is 0.497 e. The molecule has 5 nitrogen and oxygen atoms in total. The van der Waals surface area contributed by atoms with Crippen LogP contribution in [0.5, 0.6) is 5.75 Å². The van der Waals surface area contributed by atoms with E-state index in [0.717, 1.165) is 48.3 Å². The summed E-state index contributed by atoms with van der Waals surface area (Å²) in [5.74, 6) is 3.23. The maximum atomic E-state index is 12.4. The Morgan fingerprint density at radius 3 is 2.27 bits per heavy atom. The zero-order valence-electron chi connectivity index (χ0n) is 15.5. The zero-order valence-corrected chi connectivity index (χ0v) is 15.5. The van der Waals surface area contributed by atoms with Gasteiger partial charge in [0, 0.05) is 12.1 Å². The van der Waals surface area contributed by atoms with Crippen molar-refractivity contribution in [3.63, 3.8) is 0 Å². The van der Waals surface area contributed by atoms with Crippen LogP contribution in [0.1, 0.15) is 56.6 Å². The molecule has 0 heterocycles. The van der Waals surface area contributed by atoms with E-state index in [9.17, 15) is 9.90 Å². The molecule has 4 saturated carbocycles. The molecule has 5 heteroatoms. The fraction of sp³-hybridized carbons (Fsp3) is 0.667. The number of urea groups is 1. The van der Waals surface area contributed by atoms with Gasteiger partial charge in [0.15, 0.2) is 0 Å². The Kier molecular flexibility index (Phi) is 4.82. The fourth-order valence-corrected chi connectivity index (χ4v) is 5.86. The second-order valence-corrected chi connectivity index (χ2v) is 8.66. The molecule has 0 aliphatic heterocycles. The highest BCUT2D eigenvalue weighted by atomic mass is 16.5. The third kappa shape index (κ3) is 3.68. The highest BCUT2D eigenvalue weighted by molar-refractivity contribution is 5.74. The normalized spacial score (nSPS) is 32.9. The van der Waals surface area contributed by atoms with Gasteiger partial charge < -0.3 is 20.5 Å². The molecule has 1 atom stereocenters. The molecule has 4 aliphatic rings. The van der Waals surface area contributed by atoms with Crippen LogP contribution < -0.4 is 15.4 Å². The average molecular weight is 358 g/mol. The van der Waals surface area contributed by atoms with E-state index in [1.807, 2.05) is 24.3 Å². The molecule has 1 unspecified atom stereocenters. The molecule has 1 aromatic carbocycles. The van der Waals surface area contributed by atoms with E-state index in [-0.39, 0.29) is 11.6 Å². The van der Waals surface area contributed by atoms with Gasteiger partial charge in [-0.2, -0.15) is 0 Å². The van der Waals surface area contributed by atoms with Gasteiger partial charge in [-0.25, -0.2) is 4.79 Å². The lowest BCUT2D eigenvalue weighted by atomic mass is 9.53. The van der Waals surface area contributed by atoms with Crippen molar-refractivity contribution in [2.75, 3.05) is 13.7 Å². The number of nitrogens with one attached hydrogen (secondary N) is 2. The van der Waals surface area contributed by atoms with E-state index in [2.05, 4.69) is 10.6 Å². The molecule has 1 aromatic rings. The molecule has 4 fully saturated rings. The number of benzene rings is 1. The molecule has 0 aromatic heterocycles. The van der Waals surface area contributed by atoms with Crippen LogP contribution in [-0.4, -0.2) is 30.3 Å². The average Bonchev–Trinajstić information content (AvgIpc) is 2.60. The van der Waals surface area contributed by atoms with Crippen LogP contribution in [0.25, 0.3) is 0 Å². The minimum Gasteiger partial charge on any atom is -0.497 e. The molecule has 4 aliphatic carbocycles. The lowest BCUT2D eigenvalue weighted by Gasteiger charge is -2.56. The maximum absolute atomic E-state index is 12.4. The van der Waals surface area contributed by atoms with Crippen LogP contribution in [-0.2, 0) is 0 Å². The topological polar surface area (TPSA) is 70.6 Å².